The highest BCUT2D eigenvalue weighted by Crippen LogP contribution is 2.34. The Morgan fingerprint density at radius 1 is 1.21 bits per heavy atom. The number of aromatic nitrogens is 3. The Labute approximate surface area is 165 Å². The van der Waals surface area contributed by atoms with Crippen LogP contribution < -0.4 is 21.3 Å². The minimum Gasteiger partial charge on any atom is -0.399 e. The van der Waals surface area contributed by atoms with E-state index in [1.54, 1.807) is 18.3 Å². The maximum absolute atomic E-state index is 13.1. The first kappa shape index (κ1) is 19.2. The van der Waals surface area contributed by atoms with Gasteiger partial charge in [-0.25, -0.2) is 4.98 Å². The number of halogens is 3. The van der Waals surface area contributed by atoms with Gasteiger partial charge in [0.15, 0.2) is 5.82 Å². The van der Waals surface area contributed by atoms with Gasteiger partial charge in [0.1, 0.15) is 5.52 Å². The lowest BCUT2D eigenvalue weighted by Crippen LogP contribution is -2.30. The smallest absolute Gasteiger partial charge is 0.399 e. The summed E-state index contributed by atoms with van der Waals surface area (Å²) in [6, 6.07) is 7.18. The number of nitrogens with zero attached hydrogens (tertiary/aromatic N) is 4. The SMILES string of the molecule is CNC1CCN(c2nc(Nc3cc(N)cc(C(F)(F)F)c3)nc3cccnc23)C1. The van der Waals surface area contributed by atoms with Crippen LogP contribution in [-0.4, -0.2) is 41.1 Å². The summed E-state index contributed by atoms with van der Waals surface area (Å²) in [5.41, 5.74) is 6.24. The standard InChI is InChI=1S/C19H20F3N7/c1-24-13-4-6-29(10-13)17-16-15(3-2-5-25-16)27-18(28-17)26-14-8-11(19(20,21)22)7-12(23)9-14/h2-3,5,7-9,13,24H,4,6,10,23H2,1H3,(H,26,27,28). The van der Waals surface area contributed by atoms with Crippen molar-refractivity contribution in [1.29, 1.82) is 0 Å². The highest BCUT2D eigenvalue weighted by Gasteiger charge is 2.31. The van der Waals surface area contributed by atoms with Gasteiger partial charge >= 0.3 is 6.18 Å². The molecule has 0 saturated carbocycles. The minimum atomic E-state index is -4.50. The molecule has 1 aliphatic heterocycles. The monoisotopic (exact) mass is 403 g/mol. The Balaban J connectivity index is 1.73. The zero-order chi connectivity index (χ0) is 20.6. The number of nitrogens with two attached hydrogens (primary N) is 1. The van der Waals surface area contributed by atoms with Crippen LogP contribution in [0, 0.1) is 0 Å². The number of likely N-dealkylation sites (N-methyl/N-ethyl adjacent to an activating group) is 1. The molecule has 0 amide bonds. The third kappa shape index (κ3) is 4.02. The first-order valence-electron chi connectivity index (χ1n) is 9.13. The summed E-state index contributed by atoms with van der Waals surface area (Å²) in [6.45, 7) is 1.55. The van der Waals surface area contributed by atoms with Gasteiger partial charge in [0.25, 0.3) is 0 Å². The van der Waals surface area contributed by atoms with Crippen molar-refractivity contribution < 1.29 is 13.2 Å². The number of hydrogen-bond acceptors (Lipinski definition) is 7. The van der Waals surface area contributed by atoms with Gasteiger partial charge in [-0.3, -0.25) is 4.98 Å². The second kappa shape index (κ2) is 7.36. The normalized spacial score (nSPS) is 17.1. The number of benzene rings is 1. The van der Waals surface area contributed by atoms with Crippen molar-refractivity contribution in [1.82, 2.24) is 20.3 Å². The summed E-state index contributed by atoms with van der Waals surface area (Å²) in [6.07, 6.45) is -1.87. The van der Waals surface area contributed by atoms with E-state index in [2.05, 4.69) is 30.5 Å². The molecule has 10 heteroatoms. The highest BCUT2D eigenvalue weighted by atomic mass is 19.4. The Hall–Kier alpha value is -3.14. The van der Waals surface area contributed by atoms with E-state index in [1.165, 1.54) is 6.07 Å². The van der Waals surface area contributed by atoms with Crippen LogP contribution >= 0.6 is 0 Å². The zero-order valence-electron chi connectivity index (χ0n) is 15.7. The topological polar surface area (TPSA) is 92.0 Å². The lowest BCUT2D eigenvalue weighted by molar-refractivity contribution is -0.137. The fourth-order valence-corrected chi connectivity index (χ4v) is 3.43. The summed E-state index contributed by atoms with van der Waals surface area (Å²) in [5, 5.41) is 6.12. The molecular formula is C19H20F3N7. The van der Waals surface area contributed by atoms with E-state index < -0.39 is 11.7 Å². The van der Waals surface area contributed by atoms with Crippen molar-refractivity contribution in [3.63, 3.8) is 0 Å². The molecule has 3 aromatic rings. The number of pyridine rings is 1. The molecule has 1 saturated heterocycles. The lowest BCUT2D eigenvalue weighted by atomic mass is 10.1. The average Bonchev–Trinajstić information content (AvgIpc) is 3.15. The second-order valence-corrected chi connectivity index (χ2v) is 6.93. The van der Waals surface area contributed by atoms with Gasteiger partial charge in [-0.15, -0.1) is 0 Å². The number of fused-ring (bicyclic) bond motifs is 1. The quantitative estimate of drug-likeness (QED) is 0.576. The Morgan fingerprint density at radius 2 is 2.03 bits per heavy atom. The van der Waals surface area contributed by atoms with Gasteiger partial charge < -0.3 is 21.3 Å². The fraction of sp³-hybridized carbons (Fsp3) is 0.316. The molecule has 7 nitrogen and oxygen atoms in total. The maximum atomic E-state index is 13.1. The van der Waals surface area contributed by atoms with Crippen molar-refractivity contribution >= 4 is 34.2 Å². The largest absolute Gasteiger partial charge is 0.416 e. The molecule has 3 heterocycles. The summed E-state index contributed by atoms with van der Waals surface area (Å²) in [5.74, 6) is 0.836. The van der Waals surface area contributed by atoms with Crippen LogP contribution in [0.3, 0.4) is 0 Å². The van der Waals surface area contributed by atoms with E-state index in [0.29, 0.717) is 22.9 Å². The molecule has 0 bridgehead atoms. The molecule has 1 fully saturated rings. The predicted molar refractivity (Wildman–Crippen MR) is 106 cm³/mol. The van der Waals surface area contributed by atoms with Gasteiger partial charge in [-0.1, -0.05) is 0 Å². The molecule has 1 unspecified atom stereocenters. The summed E-state index contributed by atoms with van der Waals surface area (Å²) >= 11 is 0. The van der Waals surface area contributed by atoms with Crippen LogP contribution in [0.25, 0.3) is 11.0 Å². The predicted octanol–water partition coefficient (Wildman–Crippen LogP) is 3.17. The third-order valence-corrected chi connectivity index (χ3v) is 4.87. The van der Waals surface area contributed by atoms with Crippen molar-refractivity contribution in [2.75, 3.05) is 36.1 Å². The van der Waals surface area contributed by atoms with E-state index in [1.807, 2.05) is 7.05 Å². The summed E-state index contributed by atoms with van der Waals surface area (Å²) in [4.78, 5) is 15.5. The molecule has 152 valence electrons. The summed E-state index contributed by atoms with van der Waals surface area (Å²) < 4.78 is 39.3. The molecule has 0 radical (unpaired) electrons. The Bertz CT molecular complexity index is 1040. The molecule has 4 rings (SSSR count). The number of rotatable bonds is 4. The third-order valence-electron chi connectivity index (χ3n) is 4.87. The Kier molecular flexibility index (Phi) is 4.87. The molecular weight excluding hydrogens is 383 g/mol. The first-order chi connectivity index (χ1) is 13.8. The van der Waals surface area contributed by atoms with Crippen LogP contribution in [0.4, 0.5) is 36.3 Å². The molecule has 1 aliphatic rings. The molecule has 0 aliphatic carbocycles. The van der Waals surface area contributed by atoms with Crippen molar-refractivity contribution in [3.05, 3.63) is 42.1 Å². The second-order valence-electron chi connectivity index (χ2n) is 6.93. The maximum Gasteiger partial charge on any atom is 0.416 e. The Morgan fingerprint density at radius 3 is 2.76 bits per heavy atom. The number of nitrogen functional groups attached to an aromatic ring is 1. The first-order valence-corrected chi connectivity index (χ1v) is 9.13. The molecule has 4 N–H and O–H groups in total. The van der Waals surface area contributed by atoms with Crippen LogP contribution in [-0.2, 0) is 6.18 Å². The number of hydrogen-bond donors (Lipinski definition) is 3. The van der Waals surface area contributed by atoms with Gasteiger partial charge in [-0.05, 0) is 43.8 Å². The zero-order valence-corrected chi connectivity index (χ0v) is 15.7. The highest BCUT2D eigenvalue weighted by molar-refractivity contribution is 5.87. The van der Waals surface area contributed by atoms with E-state index in [9.17, 15) is 13.2 Å². The van der Waals surface area contributed by atoms with Crippen molar-refractivity contribution in [2.24, 2.45) is 0 Å². The minimum absolute atomic E-state index is 0.00130. The van der Waals surface area contributed by atoms with Crippen molar-refractivity contribution in [2.45, 2.75) is 18.6 Å². The van der Waals surface area contributed by atoms with Crippen molar-refractivity contribution in [3.8, 4) is 0 Å². The summed E-state index contributed by atoms with van der Waals surface area (Å²) in [7, 11) is 1.91. The van der Waals surface area contributed by atoms with Crippen LogP contribution in [0.1, 0.15) is 12.0 Å². The van der Waals surface area contributed by atoms with Gasteiger partial charge in [0.05, 0.1) is 11.1 Å². The number of nitrogens with one attached hydrogen (secondary N) is 2. The number of anilines is 4. The van der Waals surface area contributed by atoms with E-state index in [0.717, 1.165) is 31.6 Å². The van der Waals surface area contributed by atoms with E-state index >= 15 is 0 Å². The molecule has 1 aromatic carbocycles. The lowest BCUT2D eigenvalue weighted by Gasteiger charge is -2.20. The van der Waals surface area contributed by atoms with Gasteiger partial charge in [0, 0.05) is 36.7 Å². The van der Waals surface area contributed by atoms with Crippen LogP contribution in [0.15, 0.2) is 36.5 Å². The fourth-order valence-electron chi connectivity index (χ4n) is 3.43. The van der Waals surface area contributed by atoms with Gasteiger partial charge in [0.2, 0.25) is 5.95 Å². The molecule has 2 aromatic heterocycles. The van der Waals surface area contributed by atoms with Crippen LogP contribution in [0.2, 0.25) is 0 Å². The molecule has 1 atom stereocenters. The molecule has 29 heavy (non-hydrogen) atoms. The molecule has 0 spiro atoms. The average molecular weight is 403 g/mol. The van der Waals surface area contributed by atoms with E-state index in [-0.39, 0.29) is 17.3 Å². The number of alkyl halides is 3. The van der Waals surface area contributed by atoms with E-state index in [4.69, 9.17) is 5.73 Å². The van der Waals surface area contributed by atoms with Gasteiger partial charge in [-0.2, -0.15) is 18.2 Å². The van der Waals surface area contributed by atoms with Crippen LogP contribution in [0.5, 0.6) is 0 Å².